The van der Waals surface area contributed by atoms with Gasteiger partial charge in [-0.3, -0.25) is 9.36 Å². The third-order valence-corrected chi connectivity index (χ3v) is 3.84. The van der Waals surface area contributed by atoms with Crippen molar-refractivity contribution in [3.05, 3.63) is 33.3 Å². The van der Waals surface area contributed by atoms with Gasteiger partial charge in [-0.15, -0.1) is 11.3 Å². The van der Waals surface area contributed by atoms with E-state index < -0.39 is 0 Å². The second-order valence-electron chi connectivity index (χ2n) is 3.07. The molecule has 3 heterocycles. The van der Waals surface area contributed by atoms with Gasteiger partial charge in [-0.05, 0) is 11.4 Å². The monoisotopic (exact) mass is 222 g/mol. The van der Waals surface area contributed by atoms with Crippen LogP contribution in [0.4, 0.5) is 0 Å². The van der Waals surface area contributed by atoms with Gasteiger partial charge in [-0.25, -0.2) is 4.98 Å². The number of thioether (sulfide) groups is 1. The zero-order valence-electron chi connectivity index (χ0n) is 7.19. The van der Waals surface area contributed by atoms with Crippen molar-refractivity contribution in [2.24, 2.45) is 0 Å². The molecule has 1 aliphatic heterocycles. The fourth-order valence-corrected chi connectivity index (χ4v) is 3.14. The van der Waals surface area contributed by atoms with Gasteiger partial charge < -0.3 is 0 Å². The Morgan fingerprint density at radius 3 is 3.29 bits per heavy atom. The molecule has 3 rings (SSSR count). The van der Waals surface area contributed by atoms with Crippen molar-refractivity contribution < 1.29 is 0 Å². The number of hydrogen-bond acceptors (Lipinski definition) is 4. The Balaban J connectivity index is 2.46. The molecule has 5 heteroatoms. The molecule has 0 saturated carbocycles. The Kier molecular flexibility index (Phi) is 1.60. The third kappa shape index (κ3) is 0.994. The molecule has 2 aromatic heterocycles. The van der Waals surface area contributed by atoms with E-state index in [4.69, 9.17) is 0 Å². The molecule has 0 radical (unpaired) electrons. The van der Waals surface area contributed by atoms with Crippen LogP contribution in [-0.4, -0.2) is 9.55 Å². The van der Waals surface area contributed by atoms with Crippen LogP contribution in [0.2, 0.25) is 0 Å². The molecule has 0 atom stereocenters. The summed E-state index contributed by atoms with van der Waals surface area (Å²) in [6.07, 6.45) is 0. The molecule has 0 unspecified atom stereocenters. The zero-order chi connectivity index (χ0) is 9.71. The molecule has 0 saturated heterocycles. The summed E-state index contributed by atoms with van der Waals surface area (Å²) in [4.78, 5) is 18.1. The number of rotatable bonds is 0. The van der Waals surface area contributed by atoms with Crippen LogP contribution in [0, 0.1) is 0 Å². The minimum Gasteiger partial charge on any atom is -0.282 e. The van der Waals surface area contributed by atoms with Crippen LogP contribution < -0.4 is 5.56 Å². The summed E-state index contributed by atoms with van der Waals surface area (Å²) in [5.41, 5.74) is 0.0531. The molecular formula is C9H6N2OS2. The highest BCUT2D eigenvalue weighted by Crippen LogP contribution is 2.32. The number of allylic oxidation sites excluding steroid dienone is 1. The van der Waals surface area contributed by atoms with Gasteiger partial charge in [0.05, 0.1) is 11.9 Å². The van der Waals surface area contributed by atoms with Gasteiger partial charge in [0.1, 0.15) is 4.83 Å². The molecule has 2 aromatic rings. The molecule has 0 spiro atoms. The van der Waals surface area contributed by atoms with Crippen molar-refractivity contribution in [1.82, 2.24) is 9.55 Å². The summed E-state index contributed by atoms with van der Waals surface area (Å²) in [5, 5.41) is 3.39. The molecule has 1 aliphatic rings. The lowest BCUT2D eigenvalue weighted by atomic mass is 10.4. The van der Waals surface area contributed by atoms with E-state index in [1.807, 2.05) is 11.4 Å². The SMILES string of the molecule is C=C1Cn2c(nc3sccc3c2=O)S1. The summed E-state index contributed by atoms with van der Waals surface area (Å²) in [5.74, 6) is 0. The van der Waals surface area contributed by atoms with Crippen LogP contribution in [-0.2, 0) is 6.54 Å². The van der Waals surface area contributed by atoms with Crippen LogP contribution in [0.5, 0.6) is 0 Å². The van der Waals surface area contributed by atoms with Crippen molar-refractivity contribution in [1.29, 1.82) is 0 Å². The Labute approximate surface area is 88.1 Å². The van der Waals surface area contributed by atoms with Crippen LogP contribution in [0.1, 0.15) is 0 Å². The highest BCUT2D eigenvalue weighted by atomic mass is 32.2. The summed E-state index contributed by atoms with van der Waals surface area (Å²) in [6.45, 7) is 4.45. The van der Waals surface area contributed by atoms with Crippen LogP contribution >= 0.6 is 23.1 Å². The first-order valence-electron chi connectivity index (χ1n) is 4.09. The standard InChI is InChI=1S/C9H6N2OS2/c1-5-4-11-8(12)6-2-3-13-7(6)10-9(11)14-5/h2-3H,1,4H2. The largest absolute Gasteiger partial charge is 0.282 e. The van der Waals surface area contributed by atoms with Crippen molar-refractivity contribution in [3.8, 4) is 0 Å². The second kappa shape index (κ2) is 2.71. The molecule has 70 valence electrons. The number of nitrogens with zero attached hydrogens (tertiary/aromatic N) is 2. The van der Waals surface area contributed by atoms with Crippen molar-refractivity contribution in [2.45, 2.75) is 11.7 Å². The van der Waals surface area contributed by atoms with Gasteiger partial charge in [0, 0.05) is 4.91 Å². The predicted molar refractivity (Wildman–Crippen MR) is 58.9 cm³/mol. The molecule has 0 N–H and O–H groups in total. The Hall–Kier alpha value is -1.07. The Bertz CT molecular complexity index is 596. The topological polar surface area (TPSA) is 34.9 Å². The van der Waals surface area contributed by atoms with Gasteiger partial charge in [0.15, 0.2) is 5.16 Å². The first kappa shape index (κ1) is 8.26. The maximum absolute atomic E-state index is 11.9. The number of aromatic nitrogens is 2. The first-order chi connectivity index (χ1) is 6.75. The minimum atomic E-state index is 0.0531. The summed E-state index contributed by atoms with van der Waals surface area (Å²) < 4.78 is 1.68. The first-order valence-corrected chi connectivity index (χ1v) is 5.79. The fourth-order valence-electron chi connectivity index (χ4n) is 1.49. The average Bonchev–Trinajstić information content (AvgIpc) is 2.71. The molecule has 0 aliphatic carbocycles. The van der Waals surface area contributed by atoms with E-state index in [0.717, 1.165) is 14.9 Å². The lowest BCUT2D eigenvalue weighted by molar-refractivity contribution is 0.691. The Morgan fingerprint density at radius 2 is 2.43 bits per heavy atom. The maximum atomic E-state index is 11.9. The van der Waals surface area contributed by atoms with Crippen molar-refractivity contribution in [3.63, 3.8) is 0 Å². The van der Waals surface area contributed by atoms with Gasteiger partial charge in [0.2, 0.25) is 0 Å². The highest BCUT2D eigenvalue weighted by molar-refractivity contribution is 8.03. The quantitative estimate of drug-likeness (QED) is 0.640. The van der Waals surface area contributed by atoms with Crippen LogP contribution in [0.15, 0.2) is 32.9 Å². The summed E-state index contributed by atoms with van der Waals surface area (Å²) in [7, 11) is 0. The van der Waals surface area contributed by atoms with Gasteiger partial charge >= 0.3 is 0 Å². The van der Waals surface area contributed by atoms with Crippen LogP contribution in [0.25, 0.3) is 10.2 Å². The van der Waals surface area contributed by atoms with Crippen molar-refractivity contribution >= 4 is 33.3 Å². The number of thiophene rings is 1. The molecule has 0 fully saturated rings. The third-order valence-electron chi connectivity index (χ3n) is 2.12. The molecule has 0 aromatic carbocycles. The minimum absolute atomic E-state index is 0.0531. The van der Waals surface area contributed by atoms with Gasteiger partial charge in [-0.2, -0.15) is 0 Å². The smallest absolute Gasteiger partial charge is 0.263 e. The summed E-state index contributed by atoms with van der Waals surface area (Å²) >= 11 is 2.99. The fraction of sp³-hybridized carbons (Fsp3) is 0.111. The number of fused-ring (bicyclic) bond motifs is 2. The summed E-state index contributed by atoms with van der Waals surface area (Å²) in [6, 6.07) is 1.83. The van der Waals surface area contributed by atoms with Crippen LogP contribution in [0.3, 0.4) is 0 Å². The lowest BCUT2D eigenvalue weighted by Crippen LogP contribution is -2.19. The van der Waals surface area contributed by atoms with Crippen molar-refractivity contribution in [2.75, 3.05) is 0 Å². The molecule has 0 amide bonds. The predicted octanol–water partition coefficient (Wildman–Crippen LogP) is 2.08. The average molecular weight is 222 g/mol. The maximum Gasteiger partial charge on any atom is 0.263 e. The van der Waals surface area contributed by atoms with E-state index in [0.29, 0.717) is 11.9 Å². The van der Waals surface area contributed by atoms with E-state index in [-0.39, 0.29) is 5.56 Å². The van der Waals surface area contributed by atoms with E-state index in [1.165, 1.54) is 23.1 Å². The second-order valence-corrected chi connectivity index (χ2v) is 5.11. The highest BCUT2D eigenvalue weighted by Gasteiger charge is 2.19. The van der Waals surface area contributed by atoms with E-state index in [2.05, 4.69) is 11.6 Å². The van der Waals surface area contributed by atoms with E-state index >= 15 is 0 Å². The zero-order valence-corrected chi connectivity index (χ0v) is 8.82. The van der Waals surface area contributed by atoms with Gasteiger partial charge in [-0.1, -0.05) is 18.3 Å². The van der Waals surface area contributed by atoms with E-state index in [1.54, 1.807) is 4.57 Å². The molecule has 14 heavy (non-hydrogen) atoms. The van der Waals surface area contributed by atoms with E-state index in [9.17, 15) is 4.79 Å². The molecular weight excluding hydrogens is 216 g/mol. The van der Waals surface area contributed by atoms with Gasteiger partial charge in [0.25, 0.3) is 5.56 Å². The number of hydrogen-bond donors (Lipinski definition) is 0. The Morgan fingerprint density at radius 1 is 1.57 bits per heavy atom. The normalized spacial score (nSPS) is 15.0. The molecule has 3 nitrogen and oxygen atoms in total. The molecule has 0 bridgehead atoms. The lowest BCUT2D eigenvalue weighted by Gasteiger charge is -1.98.